The first kappa shape index (κ1) is 13.0. The lowest BCUT2D eigenvalue weighted by Gasteiger charge is -2.13. The molecule has 0 aromatic heterocycles. The Labute approximate surface area is 92.1 Å². The van der Waals surface area contributed by atoms with E-state index in [0.717, 1.165) is 12.1 Å². The van der Waals surface area contributed by atoms with Crippen molar-refractivity contribution in [2.75, 3.05) is 6.61 Å². The van der Waals surface area contributed by atoms with Crippen LogP contribution in [0.3, 0.4) is 0 Å². The van der Waals surface area contributed by atoms with E-state index in [1.165, 1.54) is 0 Å². The van der Waals surface area contributed by atoms with Crippen molar-refractivity contribution in [3.05, 3.63) is 35.1 Å². The van der Waals surface area contributed by atoms with Crippen LogP contribution >= 0.6 is 0 Å². The van der Waals surface area contributed by atoms with Crippen molar-refractivity contribution >= 4 is 0 Å². The van der Waals surface area contributed by atoms with Gasteiger partial charge >= 0.3 is 0 Å². The van der Waals surface area contributed by atoms with Crippen molar-refractivity contribution in [3.63, 3.8) is 0 Å². The molecule has 1 rings (SSSR count). The van der Waals surface area contributed by atoms with Crippen molar-refractivity contribution in [3.8, 4) is 0 Å². The molecule has 90 valence electrons. The lowest BCUT2D eigenvalue weighted by Crippen LogP contribution is -2.31. The minimum absolute atomic E-state index is 0.0529. The third-order valence-electron chi connectivity index (χ3n) is 2.35. The maximum atomic E-state index is 12.8. The Bertz CT molecular complexity index is 330. The van der Waals surface area contributed by atoms with Crippen LogP contribution in [0.15, 0.2) is 12.1 Å². The summed E-state index contributed by atoms with van der Waals surface area (Å²) in [5.74, 6) is -3.86. The van der Waals surface area contributed by atoms with Crippen LogP contribution in [-0.4, -0.2) is 17.8 Å². The van der Waals surface area contributed by atoms with Crippen LogP contribution in [0, 0.1) is 17.5 Å². The van der Waals surface area contributed by atoms with Crippen LogP contribution in [0.4, 0.5) is 13.2 Å². The summed E-state index contributed by atoms with van der Waals surface area (Å²) in [5, 5.41) is 11.8. The second kappa shape index (κ2) is 5.86. The minimum Gasteiger partial charge on any atom is -0.395 e. The van der Waals surface area contributed by atoms with Crippen LogP contribution in [0.5, 0.6) is 0 Å². The molecule has 1 aromatic rings. The van der Waals surface area contributed by atoms with Gasteiger partial charge in [-0.2, -0.15) is 0 Å². The lowest BCUT2D eigenvalue weighted by atomic mass is 10.1. The average molecular weight is 233 g/mol. The van der Waals surface area contributed by atoms with Gasteiger partial charge in [-0.25, -0.2) is 13.2 Å². The highest BCUT2D eigenvalue weighted by atomic mass is 19.2. The van der Waals surface area contributed by atoms with E-state index >= 15 is 0 Å². The highest BCUT2D eigenvalue weighted by Crippen LogP contribution is 2.13. The summed E-state index contributed by atoms with van der Waals surface area (Å²) < 4.78 is 38.3. The predicted octanol–water partition coefficient (Wildman–Crippen LogP) is 1.96. The number of aliphatic hydroxyl groups excluding tert-OH is 1. The maximum absolute atomic E-state index is 12.8. The van der Waals surface area contributed by atoms with Crippen LogP contribution < -0.4 is 5.32 Å². The molecule has 2 nitrogen and oxygen atoms in total. The molecule has 0 spiro atoms. The topological polar surface area (TPSA) is 32.3 Å². The van der Waals surface area contributed by atoms with Gasteiger partial charge in [-0.15, -0.1) is 0 Å². The number of halogens is 3. The van der Waals surface area contributed by atoms with Crippen LogP contribution in [0.2, 0.25) is 0 Å². The Morgan fingerprint density at radius 3 is 2.25 bits per heavy atom. The van der Waals surface area contributed by atoms with Crippen molar-refractivity contribution in [2.45, 2.75) is 25.9 Å². The van der Waals surface area contributed by atoms with Crippen molar-refractivity contribution in [2.24, 2.45) is 0 Å². The zero-order chi connectivity index (χ0) is 12.1. The molecule has 0 unspecified atom stereocenters. The Hall–Kier alpha value is -1.07. The first-order valence-electron chi connectivity index (χ1n) is 5.06. The molecule has 0 aliphatic rings. The fourth-order valence-corrected chi connectivity index (χ4v) is 1.31. The van der Waals surface area contributed by atoms with Gasteiger partial charge in [-0.05, 0) is 24.1 Å². The Balaban J connectivity index is 2.68. The fourth-order valence-electron chi connectivity index (χ4n) is 1.31. The molecule has 0 saturated carbocycles. The molecule has 0 heterocycles. The molecule has 1 aromatic carbocycles. The van der Waals surface area contributed by atoms with E-state index < -0.39 is 17.5 Å². The van der Waals surface area contributed by atoms with Gasteiger partial charge in [-0.1, -0.05) is 6.92 Å². The Kier molecular flexibility index (Phi) is 4.76. The van der Waals surface area contributed by atoms with E-state index in [1.807, 2.05) is 6.92 Å². The zero-order valence-corrected chi connectivity index (χ0v) is 8.93. The van der Waals surface area contributed by atoms with Gasteiger partial charge in [0.2, 0.25) is 0 Å². The fraction of sp³-hybridized carbons (Fsp3) is 0.455. The maximum Gasteiger partial charge on any atom is 0.194 e. The van der Waals surface area contributed by atoms with Gasteiger partial charge in [0.05, 0.1) is 6.61 Å². The van der Waals surface area contributed by atoms with Crippen molar-refractivity contribution in [1.82, 2.24) is 5.32 Å². The number of hydrogen-bond donors (Lipinski definition) is 2. The normalized spacial score (nSPS) is 12.8. The number of aliphatic hydroxyl groups is 1. The summed E-state index contributed by atoms with van der Waals surface area (Å²) in [6, 6.07) is 1.75. The summed E-state index contributed by atoms with van der Waals surface area (Å²) in [6.45, 7) is 2.01. The molecule has 0 saturated heterocycles. The molecule has 1 atom stereocenters. The molecule has 5 heteroatoms. The standard InChI is InChI=1S/C11H14F3NO/c1-2-8(6-16)15-5-7-3-9(12)11(14)10(13)4-7/h3-4,8,15-16H,2,5-6H2,1H3/t8-/m0/s1. The molecule has 0 radical (unpaired) electrons. The van der Waals surface area contributed by atoms with Gasteiger partial charge in [0, 0.05) is 12.6 Å². The van der Waals surface area contributed by atoms with Gasteiger partial charge in [0.25, 0.3) is 0 Å². The number of rotatable bonds is 5. The first-order chi connectivity index (χ1) is 7.58. The summed E-state index contributed by atoms with van der Waals surface area (Å²) in [7, 11) is 0. The van der Waals surface area contributed by atoms with E-state index in [1.54, 1.807) is 0 Å². The first-order valence-corrected chi connectivity index (χ1v) is 5.06. The predicted molar refractivity (Wildman–Crippen MR) is 54.3 cm³/mol. The number of hydrogen-bond acceptors (Lipinski definition) is 2. The minimum atomic E-state index is -1.46. The molecular formula is C11H14F3NO. The van der Waals surface area contributed by atoms with E-state index in [9.17, 15) is 13.2 Å². The second-order valence-corrected chi connectivity index (χ2v) is 3.54. The van der Waals surface area contributed by atoms with E-state index in [0.29, 0.717) is 12.0 Å². The monoisotopic (exact) mass is 233 g/mol. The third kappa shape index (κ3) is 3.21. The molecule has 0 aliphatic heterocycles. The summed E-state index contributed by atoms with van der Waals surface area (Å²) >= 11 is 0. The number of nitrogens with one attached hydrogen (secondary N) is 1. The van der Waals surface area contributed by atoms with Crippen molar-refractivity contribution < 1.29 is 18.3 Å². The van der Waals surface area contributed by atoms with E-state index in [-0.39, 0.29) is 19.2 Å². The zero-order valence-electron chi connectivity index (χ0n) is 8.93. The summed E-state index contributed by atoms with van der Waals surface area (Å²) in [4.78, 5) is 0. The summed E-state index contributed by atoms with van der Waals surface area (Å²) in [5.41, 5.74) is 0.309. The molecular weight excluding hydrogens is 219 g/mol. The molecule has 0 aliphatic carbocycles. The SMILES string of the molecule is CC[C@@H](CO)NCc1cc(F)c(F)c(F)c1. The van der Waals surface area contributed by atoms with Crippen LogP contribution in [0.25, 0.3) is 0 Å². The molecule has 2 N–H and O–H groups in total. The molecule has 0 fully saturated rings. The highest BCUT2D eigenvalue weighted by molar-refractivity contribution is 5.19. The van der Waals surface area contributed by atoms with E-state index in [4.69, 9.17) is 5.11 Å². The van der Waals surface area contributed by atoms with Crippen molar-refractivity contribution in [1.29, 1.82) is 0 Å². The lowest BCUT2D eigenvalue weighted by molar-refractivity contribution is 0.238. The molecule has 0 amide bonds. The summed E-state index contributed by atoms with van der Waals surface area (Å²) in [6.07, 6.45) is 0.697. The quantitative estimate of drug-likeness (QED) is 0.762. The largest absolute Gasteiger partial charge is 0.395 e. The average Bonchev–Trinajstić information content (AvgIpc) is 2.27. The molecule has 16 heavy (non-hydrogen) atoms. The Morgan fingerprint density at radius 2 is 1.81 bits per heavy atom. The number of benzene rings is 1. The second-order valence-electron chi connectivity index (χ2n) is 3.54. The van der Waals surface area contributed by atoms with E-state index in [2.05, 4.69) is 5.32 Å². The Morgan fingerprint density at radius 1 is 1.25 bits per heavy atom. The van der Waals surface area contributed by atoms with Gasteiger partial charge in [-0.3, -0.25) is 0 Å². The van der Waals surface area contributed by atoms with Crippen LogP contribution in [0.1, 0.15) is 18.9 Å². The van der Waals surface area contributed by atoms with Gasteiger partial charge in [0.1, 0.15) is 0 Å². The van der Waals surface area contributed by atoms with Gasteiger partial charge < -0.3 is 10.4 Å². The molecule has 0 bridgehead atoms. The highest BCUT2D eigenvalue weighted by Gasteiger charge is 2.11. The van der Waals surface area contributed by atoms with Crippen LogP contribution in [-0.2, 0) is 6.54 Å². The smallest absolute Gasteiger partial charge is 0.194 e. The third-order valence-corrected chi connectivity index (χ3v) is 2.35. The van der Waals surface area contributed by atoms with Gasteiger partial charge in [0.15, 0.2) is 17.5 Å².